The van der Waals surface area contributed by atoms with Gasteiger partial charge in [0.2, 0.25) is 5.52 Å². The molecule has 4 rings (SSSR count). The van der Waals surface area contributed by atoms with Gasteiger partial charge in [0.25, 0.3) is 0 Å². The fourth-order valence-corrected chi connectivity index (χ4v) is 3.67. The number of ether oxygens (including phenoxy) is 2. The van der Waals surface area contributed by atoms with Crippen molar-refractivity contribution in [3.05, 3.63) is 70.2 Å². The molecule has 0 aliphatic heterocycles. The van der Waals surface area contributed by atoms with Gasteiger partial charge in [-0.1, -0.05) is 58.2 Å². The van der Waals surface area contributed by atoms with Gasteiger partial charge in [0.15, 0.2) is 6.54 Å². The molecule has 0 saturated carbocycles. The maximum absolute atomic E-state index is 6.40. The molecule has 0 bridgehead atoms. The van der Waals surface area contributed by atoms with Crippen molar-refractivity contribution >= 4 is 45.0 Å². The Morgan fingerprint density at radius 1 is 0.857 bits per heavy atom. The first kappa shape index (κ1) is 20.5. The second-order valence-electron chi connectivity index (χ2n) is 6.15. The van der Waals surface area contributed by atoms with Crippen molar-refractivity contribution in [2.45, 2.75) is 6.54 Å². The number of methoxy groups -OCH3 is 2. The molecule has 1 aromatic heterocycles. The van der Waals surface area contributed by atoms with Crippen LogP contribution in [0.25, 0.3) is 21.8 Å². The fourth-order valence-electron chi connectivity index (χ4n) is 3.19. The van der Waals surface area contributed by atoms with Crippen LogP contribution in [0.4, 0.5) is 0 Å². The summed E-state index contributed by atoms with van der Waals surface area (Å²) in [6.45, 7) is 0.614. The molecule has 4 nitrogen and oxygen atoms in total. The molecule has 0 aliphatic rings. The molecule has 0 radical (unpaired) electrons. The Balaban J connectivity index is 0.00000225. The molecule has 0 unspecified atom stereocenters. The molecule has 144 valence electrons. The summed E-state index contributed by atoms with van der Waals surface area (Å²) >= 11 is 12.8. The summed E-state index contributed by atoms with van der Waals surface area (Å²) in [7, 11) is 3.19. The lowest BCUT2D eigenvalue weighted by atomic mass is 10.1. The zero-order chi connectivity index (χ0) is 19.0. The van der Waals surface area contributed by atoms with Crippen LogP contribution in [0.3, 0.4) is 0 Å². The third-order valence-corrected chi connectivity index (χ3v) is 5.10. The number of fused-ring (bicyclic) bond motifs is 3. The third-order valence-electron chi connectivity index (χ3n) is 4.51. The lowest BCUT2D eigenvalue weighted by Crippen LogP contribution is -3.00. The maximum Gasteiger partial charge on any atom is 0.244 e. The molecular formula is C21H17Cl3N2O2. The van der Waals surface area contributed by atoms with Gasteiger partial charge >= 0.3 is 0 Å². The van der Waals surface area contributed by atoms with E-state index in [1.165, 1.54) is 0 Å². The van der Waals surface area contributed by atoms with Gasteiger partial charge < -0.3 is 21.9 Å². The van der Waals surface area contributed by atoms with Crippen LogP contribution < -0.4 is 26.6 Å². The number of hydrogen-bond acceptors (Lipinski definition) is 3. The van der Waals surface area contributed by atoms with E-state index in [0.29, 0.717) is 28.1 Å². The molecular weight excluding hydrogens is 419 g/mol. The second-order valence-corrected chi connectivity index (χ2v) is 6.97. The van der Waals surface area contributed by atoms with Gasteiger partial charge in [-0.25, -0.2) is 0 Å². The molecule has 1 heterocycles. The molecule has 7 heteroatoms. The van der Waals surface area contributed by atoms with Crippen molar-refractivity contribution in [3.8, 4) is 11.5 Å². The Labute approximate surface area is 179 Å². The SMILES string of the molecule is COc1cc2n[n+](Cc3ccccc3)c3cc(OC)c(Cl)cc3c2cc1Cl.[Cl-]. The number of nitrogens with zero attached hydrogens (tertiary/aromatic N) is 2. The highest BCUT2D eigenvalue weighted by Crippen LogP contribution is 2.35. The molecule has 0 spiro atoms. The van der Waals surface area contributed by atoms with Crippen molar-refractivity contribution < 1.29 is 26.6 Å². The topological polar surface area (TPSA) is 35.2 Å². The van der Waals surface area contributed by atoms with Crippen LogP contribution >= 0.6 is 23.2 Å². The summed E-state index contributed by atoms with van der Waals surface area (Å²) in [5.41, 5.74) is 2.83. The van der Waals surface area contributed by atoms with Crippen LogP contribution in [0.1, 0.15) is 5.56 Å². The minimum absolute atomic E-state index is 0. The van der Waals surface area contributed by atoms with E-state index in [4.69, 9.17) is 37.8 Å². The molecule has 0 fully saturated rings. The zero-order valence-electron chi connectivity index (χ0n) is 15.2. The van der Waals surface area contributed by atoms with E-state index in [2.05, 4.69) is 12.1 Å². The smallest absolute Gasteiger partial charge is 0.244 e. The van der Waals surface area contributed by atoms with Crippen molar-refractivity contribution in [3.63, 3.8) is 0 Å². The average Bonchev–Trinajstić information content (AvgIpc) is 2.68. The lowest BCUT2D eigenvalue weighted by molar-refractivity contribution is -0.719. The van der Waals surface area contributed by atoms with Gasteiger partial charge in [0, 0.05) is 22.1 Å². The molecule has 28 heavy (non-hydrogen) atoms. The zero-order valence-corrected chi connectivity index (χ0v) is 17.5. The summed E-state index contributed by atoms with van der Waals surface area (Å²) in [4.78, 5) is 0. The largest absolute Gasteiger partial charge is 1.00 e. The standard InChI is InChI=1S/C21H17Cl2N2O2.ClH/c1-26-20-10-18-14(8-16(20)22)15-9-17(23)21(27-2)11-19(15)25(24-18)12-13-6-4-3-5-7-13;/h3-11H,12H2,1-2H3;1H/q+1;/p-1. The Morgan fingerprint density at radius 2 is 1.46 bits per heavy atom. The second kappa shape index (κ2) is 8.39. The Bertz CT molecular complexity index is 1150. The van der Waals surface area contributed by atoms with Crippen molar-refractivity contribution in [2.75, 3.05) is 14.2 Å². The van der Waals surface area contributed by atoms with Crippen LogP contribution in [-0.2, 0) is 6.54 Å². The summed E-state index contributed by atoms with van der Waals surface area (Å²) < 4.78 is 12.7. The highest BCUT2D eigenvalue weighted by atomic mass is 35.5. The van der Waals surface area contributed by atoms with Crippen LogP contribution in [-0.4, -0.2) is 19.3 Å². The molecule has 0 saturated heterocycles. The van der Waals surface area contributed by atoms with Crippen LogP contribution in [0.5, 0.6) is 11.5 Å². The van der Waals surface area contributed by atoms with Crippen molar-refractivity contribution in [1.29, 1.82) is 0 Å². The number of hydrogen-bond donors (Lipinski definition) is 0. The van der Waals surface area contributed by atoms with E-state index in [1.807, 2.05) is 47.1 Å². The summed E-state index contributed by atoms with van der Waals surface area (Å²) in [6, 6.07) is 17.7. The van der Waals surface area contributed by atoms with Crippen LogP contribution in [0, 0.1) is 0 Å². The third kappa shape index (κ3) is 3.68. The van der Waals surface area contributed by atoms with Gasteiger partial charge in [-0.2, -0.15) is 0 Å². The quantitative estimate of drug-likeness (QED) is 0.364. The predicted octanol–water partition coefficient (Wildman–Crippen LogP) is 2.05. The van der Waals surface area contributed by atoms with E-state index in [9.17, 15) is 0 Å². The van der Waals surface area contributed by atoms with Crippen LogP contribution in [0.15, 0.2) is 54.6 Å². The van der Waals surface area contributed by atoms with Crippen molar-refractivity contribution in [2.24, 2.45) is 0 Å². The van der Waals surface area contributed by atoms with Gasteiger partial charge in [0.05, 0.1) is 35.7 Å². The van der Waals surface area contributed by atoms with E-state index in [-0.39, 0.29) is 12.4 Å². The Kier molecular flexibility index (Phi) is 6.14. The maximum atomic E-state index is 6.40. The Morgan fingerprint density at radius 3 is 2.11 bits per heavy atom. The Hall–Kier alpha value is -2.27. The fraction of sp³-hybridized carbons (Fsp3) is 0.143. The van der Waals surface area contributed by atoms with E-state index >= 15 is 0 Å². The van der Waals surface area contributed by atoms with E-state index in [1.54, 1.807) is 14.2 Å². The monoisotopic (exact) mass is 434 g/mol. The first-order chi connectivity index (χ1) is 13.1. The lowest BCUT2D eigenvalue weighted by Gasteiger charge is -2.09. The molecule has 3 aromatic carbocycles. The first-order valence-electron chi connectivity index (χ1n) is 8.39. The van der Waals surface area contributed by atoms with Crippen molar-refractivity contribution in [1.82, 2.24) is 5.10 Å². The summed E-state index contributed by atoms with van der Waals surface area (Å²) in [5.74, 6) is 1.19. The molecule has 0 N–H and O–H groups in total. The minimum atomic E-state index is 0. The number of rotatable bonds is 4. The van der Waals surface area contributed by atoms with Gasteiger partial charge in [-0.15, -0.1) is 0 Å². The molecule has 0 aliphatic carbocycles. The van der Waals surface area contributed by atoms with E-state index in [0.717, 1.165) is 27.4 Å². The normalized spacial score (nSPS) is 10.7. The number of halogens is 3. The number of aromatic nitrogens is 2. The van der Waals surface area contributed by atoms with Gasteiger partial charge in [-0.3, -0.25) is 0 Å². The van der Waals surface area contributed by atoms with Gasteiger partial charge in [0.1, 0.15) is 17.0 Å². The van der Waals surface area contributed by atoms with Gasteiger partial charge in [-0.05, 0) is 12.1 Å². The summed E-state index contributed by atoms with van der Waals surface area (Å²) in [5, 5.41) is 7.76. The highest BCUT2D eigenvalue weighted by Gasteiger charge is 2.20. The molecule has 0 amide bonds. The molecule has 4 aromatic rings. The minimum Gasteiger partial charge on any atom is -1.00 e. The first-order valence-corrected chi connectivity index (χ1v) is 9.15. The van der Waals surface area contributed by atoms with E-state index < -0.39 is 0 Å². The number of benzene rings is 3. The average molecular weight is 436 g/mol. The summed E-state index contributed by atoms with van der Waals surface area (Å²) in [6.07, 6.45) is 0. The van der Waals surface area contributed by atoms with Crippen LogP contribution in [0.2, 0.25) is 10.0 Å². The predicted molar refractivity (Wildman–Crippen MR) is 108 cm³/mol. The highest BCUT2D eigenvalue weighted by molar-refractivity contribution is 6.34. The molecule has 0 atom stereocenters.